The summed E-state index contributed by atoms with van der Waals surface area (Å²) >= 11 is 0. The highest BCUT2D eigenvalue weighted by Crippen LogP contribution is 2.06. The second kappa shape index (κ2) is 6.19. The van der Waals surface area contributed by atoms with Crippen LogP contribution in [-0.4, -0.2) is 42.5 Å². The minimum atomic E-state index is -3.97. The molecule has 0 saturated carbocycles. The van der Waals surface area contributed by atoms with E-state index in [1.807, 2.05) is 0 Å². The summed E-state index contributed by atoms with van der Waals surface area (Å²) in [5.41, 5.74) is -0.594. The fourth-order valence-electron chi connectivity index (χ4n) is 1.36. The maximum absolute atomic E-state index is 11.9. The summed E-state index contributed by atoms with van der Waals surface area (Å²) < 4.78 is 25.9. The Balaban J connectivity index is 2.74. The first-order valence-corrected chi connectivity index (χ1v) is 7.49. The number of carbonyl (C=O) groups is 2. The van der Waals surface area contributed by atoms with Crippen molar-refractivity contribution in [3.8, 4) is 0 Å². The molecule has 8 nitrogen and oxygen atoms in total. The highest BCUT2D eigenvalue weighted by atomic mass is 32.2. The molecule has 116 valence electrons. The van der Waals surface area contributed by atoms with E-state index in [2.05, 4.69) is 15.0 Å². The fraction of sp³-hybridized carbons (Fsp3) is 0.417. The van der Waals surface area contributed by atoms with E-state index in [0.717, 1.165) is 18.3 Å². The van der Waals surface area contributed by atoms with Crippen LogP contribution in [0.15, 0.2) is 23.4 Å². The molecule has 0 aliphatic carbocycles. The molecule has 0 bridgehead atoms. The Bertz CT molecular complexity index is 632. The van der Waals surface area contributed by atoms with E-state index < -0.39 is 34.0 Å². The van der Waals surface area contributed by atoms with Crippen molar-refractivity contribution in [1.82, 2.24) is 15.0 Å². The number of sulfonamides is 1. The van der Waals surface area contributed by atoms with Crippen molar-refractivity contribution in [2.45, 2.75) is 31.3 Å². The van der Waals surface area contributed by atoms with Crippen LogP contribution >= 0.6 is 0 Å². The van der Waals surface area contributed by atoms with Crippen molar-refractivity contribution in [3.63, 3.8) is 0 Å². The molecule has 0 spiro atoms. The van der Waals surface area contributed by atoms with Crippen molar-refractivity contribution in [1.29, 1.82) is 0 Å². The molecule has 1 amide bonds. The monoisotopic (exact) mass is 315 g/mol. The van der Waals surface area contributed by atoms with Gasteiger partial charge in [0.2, 0.25) is 5.91 Å². The lowest BCUT2D eigenvalue weighted by Gasteiger charge is -2.20. The maximum Gasteiger partial charge on any atom is 0.337 e. The van der Waals surface area contributed by atoms with E-state index in [9.17, 15) is 18.0 Å². The van der Waals surface area contributed by atoms with Crippen LogP contribution in [0.5, 0.6) is 0 Å². The molecule has 0 saturated heterocycles. The molecular formula is C12H17N3O5S. The molecule has 0 aromatic carbocycles. The van der Waals surface area contributed by atoms with E-state index in [0.29, 0.717) is 0 Å². The van der Waals surface area contributed by atoms with Crippen LogP contribution in [0.2, 0.25) is 0 Å². The van der Waals surface area contributed by atoms with Gasteiger partial charge in [-0.3, -0.25) is 4.79 Å². The molecule has 0 atom stereocenters. The first-order chi connectivity index (χ1) is 9.51. The molecule has 0 aliphatic rings. The van der Waals surface area contributed by atoms with Crippen LogP contribution in [0.4, 0.5) is 0 Å². The van der Waals surface area contributed by atoms with Gasteiger partial charge < -0.3 is 10.4 Å². The van der Waals surface area contributed by atoms with E-state index in [1.54, 1.807) is 20.8 Å². The lowest BCUT2D eigenvalue weighted by Crippen LogP contribution is -2.45. The number of rotatable bonds is 5. The normalized spacial score (nSPS) is 12.0. The Labute approximate surface area is 122 Å². The molecule has 3 N–H and O–H groups in total. The largest absolute Gasteiger partial charge is 0.478 e. The third kappa shape index (κ3) is 5.48. The number of nitrogens with one attached hydrogen (secondary N) is 2. The number of aromatic nitrogens is 1. The van der Waals surface area contributed by atoms with Gasteiger partial charge in [0.05, 0.1) is 12.1 Å². The van der Waals surface area contributed by atoms with E-state index in [4.69, 9.17) is 5.11 Å². The van der Waals surface area contributed by atoms with Crippen LogP contribution in [0, 0.1) is 0 Å². The standard InChI is InChI=1S/C12H17N3O5S/c1-12(2,3)15-9(16)7-14-21(19,20)10-5-4-8(6-13-10)11(17)18/h4-6,14H,7H2,1-3H3,(H,15,16)(H,17,18). The number of aromatic carboxylic acids is 1. The van der Waals surface area contributed by atoms with Gasteiger partial charge in [-0.1, -0.05) is 0 Å². The maximum atomic E-state index is 11.9. The van der Waals surface area contributed by atoms with Gasteiger partial charge in [-0.15, -0.1) is 0 Å². The van der Waals surface area contributed by atoms with Crippen molar-refractivity contribution in [2.75, 3.05) is 6.54 Å². The smallest absolute Gasteiger partial charge is 0.337 e. The van der Waals surface area contributed by atoms with E-state index >= 15 is 0 Å². The summed E-state index contributed by atoms with van der Waals surface area (Å²) in [7, 11) is -3.97. The number of carbonyl (C=O) groups excluding carboxylic acids is 1. The molecule has 1 rings (SSSR count). The number of nitrogens with zero attached hydrogens (tertiary/aromatic N) is 1. The number of amides is 1. The van der Waals surface area contributed by atoms with Crippen molar-refractivity contribution in [2.24, 2.45) is 0 Å². The van der Waals surface area contributed by atoms with Crippen LogP contribution in [0.25, 0.3) is 0 Å². The minimum absolute atomic E-state index is 0.126. The lowest BCUT2D eigenvalue weighted by atomic mass is 10.1. The number of hydrogen-bond donors (Lipinski definition) is 3. The van der Waals surface area contributed by atoms with Gasteiger partial charge in [0.25, 0.3) is 10.0 Å². The Hall–Kier alpha value is -2.00. The van der Waals surface area contributed by atoms with Gasteiger partial charge in [-0.25, -0.2) is 22.9 Å². The van der Waals surface area contributed by atoms with Crippen LogP contribution in [0.3, 0.4) is 0 Å². The van der Waals surface area contributed by atoms with Crippen molar-refractivity contribution >= 4 is 21.9 Å². The number of pyridine rings is 1. The Kier molecular flexibility index (Phi) is 5.02. The summed E-state index contributed by atoms with van der Waals surface area (Å²) in [6.07, 6.45) is 0.937. The molecule has 21 heavy (non-hydrogen) atoms. The molecule has 1 heterocycles. The van der Waals surface area contributed by atoms with Gasteiger partial charge in [-0.05, 0) is 32.9 Å². The zero-order chi connectivity index (χ0) is 16.3. The molecule has 0 aliphatic heterocycles. The third-order valence-corrected chi connectivity index (χ3v) is 3.51. The molecule has 0 radical (unpaired) electrons. The summed E-state index contributed by atoms with van der Waals surface area (Å²) in [5.74, 6) is -1.68. The van der Waals surface area contributed by atoms with E-state index in [-0.39, 0.29) is 10.6 Å². The fourth-order valence-corrected chi connectivity index (χ4v) is 2.27. The van der Waals surface area contributed by atoms with Crippen LogP contribution < -0.4 is 10.0 Å². The average Bonchev–Trinajstić information content (AvgIpc) is 2.34. The predicted molar refractivity (Wildman–Crippen MR) is 74.3 cm³/mol. The van der Waals surface area contributed by atoms with Crippen LogP contribution in [-0.2, 0) is 14.8 Å². The molecule has 1 aromatic heterocycles. The quantitative estimate of drug-likeness (QED) is 0.701. The number of carboxylic acids is 1. The third-order valence-electron chi connectivity index (χ3n) is 2.20. The zero-order valence-electron chi connectivity index (χ0n) is 11.9. The highest BCUT2D eigenvalue weighted by molar-refractivity contribution is 7.89. The van der Waals surface area contributed by atoms with Gasteiger partial charge in [0, 0.05) is 11.7 Å². The second-order valence-electron chi connectivity index (χ2n) is 5.31. The number of carboxylic acid groups (broad SMARTS) is 1. The summed E-state index contributed by atoms with van der Waals surface area (Å²) in [6, 6.07) is 2.19. The van der Waals surface area contributed by atoms with Gasteiger partial charge in [0.15, 0.2) is 5.03 Å². The Morgan fingerprint density at radius 3 is 2.33 bits per heavy atom. The van der Waals surface area contributed by atoms with E-state index in [1.165, 1.54) is 0 Å². The average molecular weight is 315 g/mol. The summed E-state index contributed by atoms with van der Waals surface area (Å²) in [5, 5.41) is 11.0. The first kappa shape index (κ1) is 17.1. The van der Waals surface area contributed by atoms with Gasteiger partial charge in [-0.2, -0.15) is 0 Å². The Morgan fingerprint density at radius 1 is 1.29 bits per heavy atom. The summed E-state index contributed by atoms with van der Waals surface area (Å²) in [4.78, 5) is 25.8. The molecule has 9 heteroatoms. The summed E-state index contributed by atoms with van der Waals surface area (Å²) in [6.45, 7) is 4.88. The Morgan fingerprint density at radius 2 is 1.90 bits per heavy atom. The van der Waals surface area contributed by atoms with Crippen molar-refractivity contribution in [3.05, 3.63) is 23.9 Å². The zero-order valence-corrected chi connectivity index (χ0v) is 12.7. The molecule has 1 aromatic rings. The van der Waals surface area contributed by atoms with Crippen LogP contribution in [0.1, 0.15) is 31.1 Å². The van der Waals surface area contributed by atoms with Gasteiger partial charge in [0.1, 0.15) is 0 Å². The SMILES string of the molecule is CC(C)(C)NC(=O)CNS(=O)(=O)c1ccc(C(=O)O)cn1. The predicted octanol–water partition coefficient (Wildman–Crippen LogP) is -0.0272. The molecule has 0 fully saturated rings. The van der Waals surface area contributed by atoms with Crippen molar-refractivity contribution < 1.29 is 23.1 Å². The topological polar surface area (TPSA) is 125 Å². The molecular weight excluding hydrogens is 298 g/mol. The minimum Gasteiger partial charge on any atom is -0.478 e. The highest BCUT2D eigenvalue weighted by Gasteiger charge is 2.19. The number of hydrogen-bond acceptors (Lipinski definition) is 5. The second-order valence-corrected chi connectivity index (χ2v) is 7.03. The van der Waals surface area contributed by atoms with Gasteiger partial charge >= 0.3 is 5.97 Å². The molecule has 0 unspecified atom stereocenters. The lowest BCUT2D eigenvalue weighted by molar-refractivity contribution is -0.121. The first-order valence-electron chi connectivity index (χ1n) is 6.01.